The topological polar surface area (TPSA) is 87.3 Å². The van der Waals surface area contributed by atoms with Gasteiger partial charge in [0.15, 0.2) is 5.16 Å². The molecule has 154 valence electrons. The Morgan fingerprint density at radius 1 is 1.31 bits per heavy atom. The van der Waals surface area contributed by atoms with Gasteiger partial charge < -0.3 is 14.5 Å². The number of aromatic nitrogens is 3. The van der Waals surface area contributed by atoms with Gasteiger partial charge in [0.05, 0.1) is 37.5 Å². The summed E-state index contributed by atoms with van der Waals surface area (Å²) in [5.41, 5.74) is 1.15. The highest BCUT2D eigenvalue weighted by molar-refractivity contribution is 8.00. The molecule has 1 aromatic carbocycles. The van der Waals surface area contributed by atoms with Crippen LogP contribution >= 0.6 is 11.8 Å². The molecule has 3 rings (SSSR count). The van der Waals surface area contributed by atoms with Crippen molar-refractivity contribution in [3.05, 3.63) is 35.9 Å². The molecular formula is C20H26N6O2S. The van der Waals surface area contributed by atoms with Gasteiger partial charge in [-0.15, -0.1) is 10.2 Å². The number of ether oxygens (including phenoxy) is 1. The summed E-state index contributed by atoms with van der Waals surface area (Å²) in [5, 5.41) is 18.0. The molecule has 1 amide bonds. The van der Waals surface area contributed by atoms with Crippen molar-refractivity contribution in [3.63, 3.8) is 0 Å². The van der Waals surface area contributed by atoms with Crippen LogP contribution in [0, 0.1) is 11.3 Å². The van der Waals surface area contributed by atoms with E-state index in [1.54, 1.807) is 11.9 Å². The molecule has 1 saturated heterocycles. The van der Waals surface area contributed by atoms with Crippen LogP contribution in [0.4, 0.5) is 5.95 Å². The summed E-state index contributed by atoms with van der Waals surface area (Å²) in [6.07, 6.45) is 0.324. The van der Waals surface area contributed by atoms with E-state index in [9.17, 15) is 4.79 Å². The molecule has 9 heteroatoms. The highest BCUT2D eigenvalue weighted by Crippen LogP contribution is 2.28. The molecule has 0 aliphatic carbocycles. The number of hydrogen-bond donors (Lipinski definition) is 0. The number of nitriles is 1. The van der Waals surface area contributed by atoms with E-state index in [4.69, 9.17) is 10.00 Å². The number of morpholine rings is 1. The van der Waals surface area contributed by atoms with Crippen LogP contribution in [0.1, 0.15) is 18.9 Å². The predicted molar refractivity (Wildman–Crippen MR) is 112 cm³/mol. The average Bonchev–Trinajstić information content (AvgIpc) is 3.14. The Bertz CT molecular complexity index is 844. The van der Waals surface area contributed by atoms with Crippen LogP contribution in [-0.2, 0) is 16.1 Å². The molecule has 8 nitrogen and oxygen atoms in total. The fraction of sp³-hybridized carbons (Fsp3) is 0.500. The Labute approximate surface area is 175 Å². The summed E-state index contributed by atoms with van der Waals surface area (Å²) in [7, 11) is 1.73. The van der Waals surface area contributed by atoms with Gasteiger partial charge in [-0.25, -0.2) is 0 Å². The minimum atomic E-state index is -0.324. The molecule has 1 atom stereocenters. The molecule has 1 aliphatic rings. The van der Waals surface area contributed by atoms with Crippen molar-refractivity contribution in [3.8, 4) is 6.07 Å². The highest BCUT2D eigenvalue weighted by atomic mass is 32.2. The maximum Gasteiger partial charge on any atom is 0.235 e. The molecule has 1 aliphatic heterocycles. The molecule has 0 spiro atoms. The first-order valence-electron chi connectivity index (χ1n) is 9.68. The monoisotopic (exact) mass is 414 g/mol. The Kier molecular flexibility index (Phi) is 7.49. The second-order valence-electron chi connectivity index (χ2n) is 6.88. The van der Waals surface area contributed by atoms with Gasteiger partial charge >= 0.3 is 0 Å². The van der Waals surface area contributed by atoms with Gasteiger partial charge in [0.2, 0.25) is 11.9 Å². The predicted octanol–water partition coefficient (Wildman–Crippen LogP) is 2.02. The summed E-state index contributed by atoms with van der Waals surface area (Å²) < 4.78 is 7.54. The molecule has 29 heavy (non-hydrogen) atoms. The van der Waals surface area contributed by atoms with Crippen LogP contribution in [0.3, 0.4) is 0 Å². The van der Waals surface area contributed by atoms with Crippen molar-refractivity contribution in [2.24, 2.45) is 0 Å². The lowest BCUT2D eigenvalue weighted by Gasteiger charge is -2.28. The number of amides is 1. The van der Waals surface area contributed by atoms with Gasteiger partial charge in [-0.2, -0.15) is 5.26 Å². The molecule has 0 unspecified atom stereocenters. The van der Waals surface area contributed by atoms with Crippen LogP contribution in [0.25, 0.3) is 0 Å². The lowest BCUT2D eigenvalue weighted by molar-refractivity contribution is -0.128. The van der Waals surface area contributed by atoms with Crippen molar-refractivity contribution < 1.29 is 9.53 Å². The summed E-state index contributed by atoms with van der Waals surface area (Å²) in [4.78, 5) is 16.4. The molecule has 1 fully saturated rings. The lowest BCUT2D eigenvalue weighted by atomic mass is 10.2. The van der Waals surface area contributed by atoms with Crippen molar-refractivity contribution in [1.29, 1.82) is 5.26 Å². The van der Waals surface area contributed by atoms with Gasteiger partial charge in [0.1, 0.15) is 0 Å². The van der Waals surface area contributed by atoms with Gasteiger partial charge in [-0.1, -0.05) is 42.1 Å². The van der Waals surface area contributed by atoms with Crippen LogP contribution in [-0.4, -0.2) is 70.7 Å². The summed E-state index contributed by atoms with van der Waals surface area (Å²) in [6, 6.07) is 12.2. The third-order valence-corrected chi connectivity index (χ3v) is 5.81. The number of carbonyl (C=O) groups is 1. The molecule has 2 heterocycles. The number of thioether (sulfide) groups is 1. The SMILES string of the molecule is C[C@H](Sc1nnc(N2CCOCC2)n1Cc1ccccc1)C(=O)N(C)CCC#N. The Morgan fingerprint density at radius 3 is 2.72 bits per heavy atom. The Balaban J connectivity index is 1.81. The second kappa shape index (κ2) is 10.3. The van der Waals surface area contributed by atoms with Crippen LogP contribution in [0.15, 0.2) is 35.5 Å². The number of anilines is 1. The average molecular weight is 415 g/mol. The highest BCUT2D eigenvalue weighted by Gasteiger charge is 2.25. The van der Waals surface area contributed by atoms with E-state index in [0.717, 1.165) is 24.6 Å². The third kappa shape index (κ3) is 5.49. The van der Waals surface area contributed by atoms with Crippen LogP contribution in [0.2, 0.25) is 0 Å². The van der Waals surface area contributed by atoms with E-state index in [1.165, 1.54) is 11.8 Å². The van der Waals surface area contributed by atoms with Crippen LogP contribution < -0.4 is 4.90 Å². The van der Waals surface area contributed by atoms with E-state index < -0.39 is 0 Å². The largest absolute Gasteiger partial charge is 0.378 e. The number of carbonyl (C=O) groups excluding carboxylic acids is 1. The lowest BCUT2D eigenvalue weighted by Crippen LogP contribution is -2.38. The first-order chi connectivity index (χ1) is 14.1. The van der Waals surface area contributed by atoms with Gasteiger partial charge in [-0.05, 0) is 12.5 Å². The summed E-state index contributed by atoms with van der Waals surface area (Å²) in [6.45, 7) is 5.79. The molecule has 1 aromatic heterocycles. The number of rotatable bonds is 8. The normalized spacial score (nSPS) is 15.0. The molecule has 2 aromatic rings. The molecule has 0 radical (unpaired) electrons. The van der Waals surface area contributed by atoms with E-state index in [-0.39, 0.29) is 11.2 Å². The minimum Gasteiger partial charge on any atom is -0.378 e. The number of hydrogen-bond acceptors (Lipinski definition) is 7. The van der Waals surface area contributed by atoms with E-state index >= 15 is 0 Å². The Morgan fingerprint density at radius 2 is 2.03 bits per heavy atom. The Hall–Kier alpha value is -2.57. The molecule has 0 N–H and O–H groups in total. The van der Waals surface area contributed by atoms with Gasteiger partial charge in [0, 0.05) is 26.7 Å². The van der Waals surface area contributed by atoms with Crippen molar-refractivity contribution in [1.82, 2.24) is 19.7 Å². The zero-order valence-electron chi connectivity index (χ0n) is 16.8. The zero-order valence-corrected chi connectivity index (χ0v) is 17.6. The molecular weight excluding hydrogens is 388 g/mol. The smallest absolute Gasteiger partial charge is 0.235 e. The summed E-state index contributed by atoms with van der Waals surface area (Å²) >= 11 is 1.40. The third-order valence-electron chi connectivity index (χ3n) is 4.74. The van der Waals surface area contributed by atoms with Gasteiger partial charge in [-0.3, -0.25) is 9.36 Å². The first-order valence-corrected chi connectivity index (χ1v) is 10.6. The van der Waals surface area contributed by atoms with Crippen molar-refractivity contribution >= 4 is 23.6 Å². The van der Waals surface area contributed by atoms with Crippen molar-refractivity contribution in [2.75, 3.05) is 44.8 Å². The van der Waals surface area contributed by atoms with Crippen molar-refractivity contribution in [2.45, 2.75) is 30.3 Å². The van der Waals surface area contributed by atoms with Gasteiger partial charge in [0.25, 0.3) is 0 Å². The van der Waals surface area contributed by atoms with E-state index in [0.29, 0.717) is 37.9 Å². The fourth-order valence-electron chi connectivity index (χ4n) is 3.12. The second-order valence-corrected chi connectivity index (χ2v) is 8.19. The standard InChI is InChI=1S/C20H26N6O2S/c1-16(18(27)24(2)10-6-9-21)29-20-23-22-19(25-11-13-28-14-12-25)26(20)15-17-7-4-3-5-8-17/h3-5,7-8,16H,6,10-15H2,1-2H3/t16-/m0/s1. The quantitative estimate of drug-likeness (QED) is 0.611. The summed E-state index contributed by atoms with van der Waals surface area (Å²) in [5.74, 6) is 0.782. The maximum absolute atomic E-state index is 12.6. The molecule has 0 saturated carbocycles. The zero-order chi connectivity index (χ0) is 20.6. The van der Waals surface area contributed by atoms with E-state index in [1.807, 2.05) is 25.1 Å². The minimum absolute atomic E-state index is 0.0209. The molecule has 0 bridgehead atoms. The first kappa shape index (κ1) is 21.1. The number of benzene rings is 1. The number of nitrogens with zero attached hydrogens (tertiary/aromatic N) is 6. The fourth-order valence-corrected chi connectivity index (χ4v) is 4.08. The van der Waals surface area contributed by atoms with Crippen LogP contribution in [0.5, 0.6) is 0 Å². The maximum atomic E-state index is 12.6. The van der Waals surface area contributed by atoms with E-state index in [2.05, 4.69) is 37.9 Å².